The van der Waals surface area contributed by atoms with Gasteiger partial charge in [0, 0.05) is 19.1 Å². The van der Waals surface area contributed by atoms with Crippen molar-refractivity contribution in [3.63, 3.8) is 0 Å². The molecule has 1 fully saturated rings. The van der Waals surface area contributed by atoms with Crippen molar-refractivity contribution in [2.24, 2.45) is 5.92 Å². The number of fused-ring (bicyclic) bond motifs is 1. The number of benzene rings is 1. The van der Waals surface area contributed by atoms with Gasteiger partial charge in [0.1, 0.15) is 11.3 Å². The highest BCUT2D eigenvalue weighted by molar-refractivity contribution is 7.71. The molecule has 0 bridgehead atoms. The molecule has 17 heavy (non-hydrogen) atoms. The summed E-state index contributed by atoms with van der Waals surface area (Å²) in [5, 5.41) is 0. The zero-order chi connectivity index (χ0) is 11.8. The number of para-hydroxylation sites is 1. The van der Waals surface area contributed by atoms with Gasteiger partial charge < -0.3 is 14.3 Å². The fraction of sp³-hybridized carbons (Fsp3) is 0.417. The Morgan fingerprint density at radius 3 is 3.18 bits per heavy atom. The van der Waals surface area contributed by atoms with Crippen LogP contribution in [0.2, 0.25) is 0 Å². The average Bonchev–Trinajstić information content (AvgIpc) is 2.91. The molecule has 3 rings (SSSR count). The van der Waals surface area contributed by atoms with Crippen molar-refractivity contribution < 1.29 is 9.13 Å². The largest absolute Gasteiger partial charge is 0.381 e. The molecule has 0 radical (unpaired) electrons. The maximum atomic E-state index is 13.6. The summed E-state index contributed by atoms with van der Waals surface area (Å²) < 4.78 is 21.5. The maximum absolute atomic E-state index is 13.6. The molecule has 1 N–H and O–H groups in total. The third-order valence-electron chi connectivity index (χ3n) is 3.22. The van der Waals surface area contributed by atoms with Crippen molar-refractivity contribution in [3.05, 3.63) is 28.8 Å². The van der Waals surface area contributed by atoms with Gasteiger partial charge in [-0.15, -0.1) is 0 Å². The summed E-state index contributed by atoms with van der Waals surface area (Å²) in [5.74, 6) is 0.221. The first-order valence-electron chi connectivity index (χ1n) is 5.70. The smallest absolute Gasteiger partial charge is 0.178 e. The molecule has 0 aliphatic carbocycles. The maximum Gasteiger partial charge on any atom is 0.178 e. The Labute approximate surface area is 103 Å². The van der Waals surface area contributed by atoms with Crippen LogP contribution in [0.4, 0.5) is 4.39 Å². The minimum atomic E-state index is -0.255. The summed E-state index contributed by atoms with van der Waals surface area (Å²) in [4.78, 5) is 2.93. The lowest BCUT2D eigenvalue weighted by Gasteiger charge is -2.09. The van der Waals surface area contributed by atoms with Crippen LogP contribution in [-0.4, -0.2) is 22.8 Å². The van der Waals surface area contributed by atoms with Gasteiger partial charge in [-0.3, -0.25) is 0 Å². The van der Waals surface area contributed by atoms with Crippen molar-refractivity contribution in [3.8, 4) is 0 Å². The molecule has 2 aromatic rings. The lowest BCUT2D eigenvalue weighted by Crippen LogP contribution is -2.10. The second-order valence-electron chi connectivity index (χ2n) is 4.40. The van der Waals surface area contributed by atoms with Crippen LogP contribution in [0.1, 0.15) is 6.42 Å². The quantitative estimate of drug-likeness (QED) is 0.833. The molecule has 0 saturated carbocycles. The van der Waals surface area contributed by atoms with Gasteiger partial charge in [-0.05, 0) is 30.8 Å². The second kappa shape index (κ2) is 4.23. The predicted molar refractivity (Wildman–Crippen MR) is 66.0 cm³/mol. The first kappa shape index (κ1) is 10.9. The SMILES string of the molecule is Fc1cccc2c1[nH]c(=S)n2CC1CCOC1. The normalized spacial score (nSPS) is 20.2. The van der Waals surface area contributed by atoms with Crippen molar-refractivity contribution in [1.82, 2.24) is 9.55 Å². The number of H-pyrrole nitrogens is 1. The van der Waals surface area contributed by atoms with Crippen LogP contribution < -0.4 is 0 Å². The molecule has 0 amide bonds. The fourth-order valence-corrected chi connectivity index (χ4v) is 2.59. The molecule has 1 atom stereocenters. The van der Waals surface area contributed by atoms with E-state index in [9.17, 15) is 4.39 Å². The fourth-order valence-electron chi connectivity index (χ4n) is 2.31. The minimum Gasteiger partial charge on any atom is -0.381 e. The van der Waals surface area contributed by atoms with Gasteiger partial charge in [0.25, 0.3) is 0 Å². The summed E-state index contributed by atoms with van der Waals surface area (Å²) in [6, 6.07) is 5.04. The number of aromatic nitrogens is 2. The number of nitrogens with one attached hydrogen (secondary N) is 1. The lowest BCUT2D eigenvalue weighted by atomic mass is 10.1. The Morgan fingerprint density at radius 1 is 1.53 bits per heavy atom. The number of halogens is 1. The van der Waals surface area contributed by atoms with E-state index in [4.69, 9.17) is 17.0 Å². The van der Waals surface area contributed by atoms with E-state index in [2.05, 4.69) is 4.98 Å². The molecule has 1 aromatic heterocycles. The number of aromatic amines is 1. The number of nitrogens with zero attached hydrogens (tertiary/aromatic N) is 1. The van der Waals surface area contributed by atoms with Gasteiger partial charge in [0.05, 0.1) is 12.1 Å². The molecule has 1 aliphatic heterocycles. The summed E-state index contributed by atoms with van der Waals surface area (Å²) in [6.45, 7) is 2.38. The first-order chi connectivity index (χ1) is 8.25. The molecule has 5 heteroatoms. The van der Waals surface area contributed by atoms with Crippen LogP contribution >= 0.6 is 12.2 Å². The number of hydrogen-bond donors (Lipinski definition) is 1. The number of hydrogen-bond acceptors (Lipinski definition) is 2. The summed E-state index contributed by atoms with van der Waals surface area (Å²) in [7, 11) is 0. The number of ether oxygens (including phenoxy) is 1. The molecular formula is C12H13FN2OS. The van der Waals surface area contributed by atoms with Crippen LogP contribution in [0.5, 0.6) is 0 Å². The Balaban J connectivity index is 2.06. The lowest BCUT2D eigenvalue weighted by molar-refractivity contribution is 0.182. The molecule has 1 aromatic carbocycles. The van der Waals surface area contributed by atoms with E-state index < -0.39 is 0 Å². The monoisotopic (exact) mass is 252 g/mol. The summed E-state index contributed by atoms with van der Waals surface area (Å²) >= 11 is 5.25. The molecule has 2 heterocycles. The van der Waals surface area contributed by atoms with E-state index in [1.54, 1.807) is 6.07 Å². The van der Waals surface area contributed by atoms with Crippen LogP contribution in [0.15, 0.2) is 18.2 Å². The van der Waals surface area contributed by atoms with Crippen molar-refractivity contribution in [2.75, 3.05) is 13.2 Å². The highest BCUT2D eigenvalue weighted by Crippen LogP contribution is 2.21. The first-order valence-corrected chi connectivity index (χ1v) is 6.11. The van der Waals surface area contributed by atoms with Crippen LogP contribution in [0, 0.1) is 16.5 Å². The topological polar surface area (TPSA) is 29.9 Å². The summed E-state index contributed by atoms with van der Waals surface area (Å²) in [6.07, 6.45) is 1.05. The third kappa shape index (κ3) is 1.89. The zero-order valence-corrected chi connectivity index (χ0v) is 10.1. The van der Waals surface area contributed by atoms with Gasteiger partial charge >= 0.3 is 0 Å². The van der Waals surface area contributed by atoms with E-state index in [1.165, 1.54) is 6.07 Å². The summed E-state index contributed by atoms with van der Waals surface area (Å²) in [5.41, 5.74) is 1.33. The molecular weight excluding hydrogens is 239 g/mol. The molecule has 1 saturated heterocycles. The highest BCUT2D eigenvalue weighted by atomic mass is 32.1. The Kier molecular flexibility index (Phi) is 2.72. The van der Waals surface area contributed by atoms with Gasteiger partial charge in [-0.2, -0.15) is 0 Å². The highest BCUT2D eigenvalue weighted by Gasteiger charge is 2.18. The number of rotatable bonds is 2. The van der Waals surface area contributed by atoms with E-state index in [0.29, 0.717) is 16.2 Å². The van der Waals surface area contributed by atoms with Crippen LogP contribution in [0.25, 0.3) is 11.0 Å². The second-order valence-corrected chi connectivity index (χ2v) is 4.79. The molecule has 3 nitrogen and oxygen atoms in total. The Morgan fingerprint density at radius 2 is 2.41 bits per heavy atom. The van der Waals surface area contributed by atoms with E-state index in [-0.39, 0.29) is 5.82 Å². The van der Waals surface area contributed by atoms with Crippen LogP contribution in [-0.2, 0) is 11.3 Å². The van der Waals surface area contributed by atoms with Gasteiger partial charge in [0.15, 0.2) is 4.77 Å². The van der Waals surface area contributed by atoms with Crippen molar-refractivity contribution in [1.29, 1.82) is 0 Å². The predicted octanol–water partition coefficient (Wildman–Crippen LogP) is 2.87. The van der Waals surface area contributed by atoms with Crippen molar-refractivity contribution in [2.45, 2.75) is 13.0 Å². The minimum absolute atomic E-state index is 0.255. The third-order valence-corrected chi connectivity index (χ3v) is 3.55. The average molecular weight is 252 g/mol. The Hall–Kier alpha value is -1.20. The van der Waals surface area contributed by atoms with Gasteiger partial charge in [-0.25, -0.2) is 4.39 Å². The number of imidazole rings is 1. The van der Waals surface area contributed by atoms with E-state index in [0.717, 1.165) is 31.7 Å². The molecule has 0 spiro atoms. The van der Waals surface area contributed by atoms with Crippen molar-refractivity contribution >= 4 is 23.3 Å². The van der Waals surface area contributed by atoms with Gasteiger partial charge in [0.2, 0.25) is 0 Å². The van der Waals surface area contributed by atoms with Crippen LogP contribution in [0.3, 0.4) is 0 Å². The van der Waals surface area contributed by atoms with E-state index in [1.807, 2.05) is 10.6 Å². The standard InChI is InChI=1S/C12H13FN2OS/c13-9-2-1-3-10-11(9)14-12(17)15(10)6-8-4-5-16-7-8/h1-3,8H,4-7H2,(H,14,17). The Bertz CT molecular complexity index is 598. The van der Waals surface area contributed by atoms with E-state index >= 15 is 0 Å². The molecule has 1 aliphatic rings. The molecule has 90 valence electrons. The zero-order valence-electron chi connectivity index (χ0n) is 9.28. The molecule has 1 unspecified atom stereocenters. The van der Waals surface area contributed by atoms with Gasteiger partial charge in [-0.1, -0.05) is 6.07 Å².